The number of aromatic nitrogens is 5. The molecule has 9 heteroatoms. The molecule has 1 amide bonds. The molecule has 0 aliphatic carbocycles. The predicted molar refractivity (Wildman–Crippen MR) is 105 cm³/mol. The van der Waals surface area contributed by atoms with Crippen molar-refractivity contribution >= 4 is 34.4 Å². The number of hydrogen-bond donors (Lipinski definition) is 2. The van der Waals surface area contributed by atoms with Crippen LogP contribution in [0.15, 0.2) is 54.7 Å². The fourth-order valence-electron chi connectivity index (χ4n) is 2.71. The van der Waals surface area contributed by atoms with Crippen molar-refractivity contribution in [3.63, 3.8) is 0 Å². The number of amides is 1. The molecule has 2 aromatic carbocycles. The summed E-state index contributed by atoms with van der Waals surface area (Å²) in [6.45, 7) is 1.46. The molecule has 4 aromatic rings. The lowest BCUT2D eigenvalue weighted by Crippen LogP contribution is -2.06. The average Bonchev–Trinajstić information content (AvgIpc) is 3.11. The van der Waals surface area contributed by atoms with Gasteiger partial charge in [-0.05, 0) is 30.3 Å². The molecule has 0 radical (unpaired) electrons. The Labute approximate surface area is 160 Å². The van der Waals surface area contributed by atoms with Crippen molar-refractivity contribution in [1.29, 1.82) is 0 Å². The molecule has 0 fully saturated rings. The van der Waals surface area contributed by atoms with Gasteiger partial charge < -0.3 is 15.4 Å². The second kappa shape index (κ2) is 7.31. The molecule has 28 heavy (non-hydrogen) atoms. The predicted octanol–water partition coefficient (Wildman–Crippen LogP) is 2.92. The van der Waals surface area contributed by atoms with Crippen LogP contribution in [0.2, 0.25) is 0 Å². The molecule has 2 heterocycles. The van der Waals surface area contributed by atoms with Gasteiger partial charge in [0.1, 0.15) is 5.75 Å². The van der Waals surface area contributed by atoms with E-state index in [0.717, 1.165) is 11.4 Å². The van der Waals surface area contributed by atoms with Crippen LogP contribution in [0.1, 0.15) is 6.92 Å². The number of nitrogens with zero attached hydrogens (tertiary/aromatic N) is 5. The molecule has 0 unspecified atom stereocenters. The number of fused-ring (bicyclic) bond motifs is 1. The summed E-state index contributed by atoms with van der Waals surface area (Å²) in [5.41, 5.74) is 3.33. The zero-order valence-corrected chi connectivity index (χ0v) is 15.2. The van der Waals surface area contributed by atoms with Crippen LogP contribution < -0.4 is 15.4 Å². The van der Waals surface area contributed by atoms with Gasteiger partial charge in [-0.3, -0.25) is 4.79 Å². The Morgan fingerprint density at radius 2 is 1.93 bits per heavy atom. The van der Waals surface area contributed by atoms with E-state index in [9.17, 15) is 4.79 Å². The van der Waals surface area contributed by atoms with Gasteiger partial charge in [0, 0.05) is 24.4 Å². The first kappa shape index (κ1) is 17.4. The number of anilines is 3. The minimum Gasteiger partial charge on any atom is -0.497 e. The third-order valence-corrected chi connectivity index (χ3v) is 3.93. The second-order valence-corrected chi connectivity index (χ2v) is 5.99. The van der Waals surface area contributed by atoms with Crippen molar-refractivity contribution in [3.8, 4) is 11.4 Å². The summed E-state index contributed by atoms with van der Waals surface area (Å²) in [7, 11) is 1.61. The Kier molecular flexibility index (Phi) is 4.55. The largest absolute Gasteiger partial charge is 0.497 e. The van der Waals surface area contributed by atoms with Crippen LogP contribution in [0, 0.1) is 0 Å². The summed E-state index contributed by atoms with van der Waals surface area (Å²) < 4.78 is 6.89. The molecule has 4 rings (SSSR count). The highest BCUT2D eigenvalue weighted by molar-refractivity contribution is 5.89. The number of methoxy groups -OCH3 is 1. The summed E-state index contributed by atoms with van der Waals surface area (Å²) in [6, 6.07) is 14.8. The van der Waals surface area contributed by atoms with Gasteiger partial charge in [-0.25, -0.2) is 4.98 Å². The second-order valence-electron chi connectivity index (χ2n) is 5.99. The Morgan fingerprint density at radius 3 is 2.75 bits per heavy atom. The van der Waals surface area contributed by atoms with E-state index in [1.54, 1.807) is 30.1 Å². The number of hydrogen-bond acceptors (Lipinski definition) is 7. The van der Waals surface area contributed by atoms with Gasteiger partial charge in [0.2, 0.25) is 11.9 Å². The topological polar surface area (TPSA) is 107 Å². The first-order valence-electron chi connectivity index (χ1n) is 8.50. The van der Waals surface area contributed by atoms with Crippen LogP contribution in [0.5, 0.6) is 5.75 Å². The SMILES string of the molecule is COc1cccc(-n2nnc3cnc(Nc4cccc(NC(C)=O)c4)nc32)c1. The first-order chi connectivity index (χ1) is 13.6. The average molecular weight is 375 g/mol. The van der Waals surface area contributed by atoms with Crippen molar-refractivity contribution in [2.45, 2.75) is 6.92 Å². The summed E-state index contributed by atoms with van der Waals surface area (Å²) in [4.78, 5) is 20.1. The maximum Gasteiger partial charge on any atom is 0.229 e. The van der Waals surface area contributed by atoms with Crippen LogP contribution in [0.3, 0.4) is 0 Å². The minimum atomic E-state index is -0.136. The summed E-state index contributed by atoms with van der Waals surface area (Å²) in [6.07, 6.45) is 1.60. The third-order valence-electron chi connectivity index (χ3n) is 3.93. The monoisotopic (exact) mass is 375 g/mol. The maximum atomic E-state index is 11.2. The molecule has 0 bridgehead atoms. The van der Waals surface area contributed by atoms with Gasteiger partial charge in [-0.1, -0.05) is 17.3 Å². The fourth-order valence-corrected chi connectivity index (χ4v) is 2.71. The third kappa shape index (κ3) is 3.58. The van der Waals surface area contributed by atoms with E-state index in [-0.39, 0.29) is 5.91 Å². The van der Waals surface area contributed by atoms with Gasteiger partial charge in [-0.2, -0.15) is 9.67 Å². The van der Waals surface area contributed by atoms with Crippen molar-refractivity contribution in [3.05, 3.63) is 54.7 Å². The van der Waals surface area contributed by atoms with Gasteiger partial charge >= 0.3 is 0 Å². The highest BCUT2D eigenvalue weighted by Crippen LogP contribution is 2.22. The molecule has 0 spiro atoms. The number of nitrogens with one attached hydrogen (secondary N) is 2. The number of carbonyl (C=O) groups excluding carboxylic acids is 1. The van der Waals surface area contributed by atoms with Crippen LogP contribution in [-0.4, -0.2) is 38.0 Å². The molecule has 140 valence electrons. The zero-order chi connectivity index (χ0) is 19.5. The van der Waals surface area contributed by atoms with Gasteiger partial charge in [0.05, 0.1) is 19.0 Å². The van der Waals surface area contributed by atoms with E-state index in [1.807, 2.05) is 36.4 Å². The summed E-state index contributed by atoms with van der Waals surface area (Å²) >= 11 is 0. The van der Waals surface area contributed by atoms with E-state index in [0.29, 0.717) is 28.5 Å². The van der Waals surface area contributed by atoms with Crippen molar-refractivity contribution < 1.29 is 9.53 Å². The minimum absolute atomic E-state index is 0.136. The van der Waals surface area contributed by atoms with E-state index >= 15 is 0 Å². The Balaban J connectivity index is 1.67. The van der Waals surface area contributed by atoms with Crippen LogP contribution in [-0.2, 0) is 4.79 Å². The van der Waals surface area contributed by atoms with Crippen molar-refractivity contribution in [2.24, 2.45) is 0 Å². The van der Waals surface area contributed by atoms with Crippen LogP contribution in [0.4, 0.5) is 17.3 Å². The molecular weight excluding hydrogens is 358 g/mol. The van der Waals surface area contributed by atoms with E-state index < -0.39 is 0 Å². The highest BCUT2D eigenvalue weighted by atomic mass is 16.5. The van der Waals surface area contributed by atoms with E-state index in [4.69, 9.17) is 4.74 Å². The lowest BCUT2D eigenvalue weighted by atomic mass is 10.2. The number of carbonyl (C=O) groups is 1. The summed E-state index contributed by atoms with van der Waals surface area (Å²) in [5.74, 6) is 0.963. The fraction of sp³-hybridized carbons (Fsp3) is 0.105. The summed E-state index contributed by atoms with van der Waals surface area (Å²) in [5, 5.41) is 14.2. The number of benzene rings is 2. The molecule has 9 nitrogen and oxygen atoms in total. The Morgan fingerprint density at radius 1 is 1.11 bits per heavy atom. The van der Waals surface area contributed by atoms with E-state index in [2.05, 4.69) is 30.9 Å². The molecular formula is C19H17N7O2. The molecule has 2 N–H and O–H groups in total. The molecule has 2 aromatic heterocycles. The van der Waals surface area contributed by atoms with Gasteiger partial charge in [0.15, 0.2) is 11.2 Å². The van der Waals surface area contributed by atoms with Gasteiger partial charge in [-0.15, -0.1) is 5.10 Å². The number of ether oxygens (including phenoxy) is 1. The smallest absolute Gasteiger partial charge is 0.229 e. The lowest BCUT2D eigenvalue weighted by molar-refractivity contribution is -0.114. The maximum absolute atomic E-state index is 11.2. The molecule has 0 saturated carbocycles. The zero-order valence-electron chi connectivity index (χ0n) is 15.2. The highest BCUT2D eigenvalue weighted by Gasteiger charge is 2.11. The molecule has 0 atom stereocenters. The molecule has 0 aliphatic rings. The van der Waals surface area contributed by atoms with Crippen LogP contribution >= 0.6 is 0 Å². The molecule has 0 saturated heterocycles. The Hall–Kier alpha value is -4.01. The quantitative estimate of drug-likeness (QED) is 0.552. The lowest BCUT2D eigenvalue weighted by Gasteiger charge is -2.08. The van der Waals surface area contributed by atoms with Crippen molar-refractivity contribution in [2.75, 3.05) is 17.7 Å². The normalized spacial score (nSPS) is 10.6. The van der Waals surface area contributed by atoms with Crippen molar-refractivity contribution in [1.82, 2.24) is 25.0 Å². The molecule has 0 aliphatic heterocycles. The number of rotatable bonds is 5. The standard InChI is InChI=1S/C19H17N7O2/c1-12(27)21-13-5-3-6-14(9-13)22-19-20-11-17-18(23-19)26(25-24-17)15-7-4-8-16(10-15)28-2/h3-11H,1-2H3,(H,21,27)(H,20,22,23). The first-order valence-corrected chi connectivity index (χ1v) is 8.50. The van der Waals surface area contributed by atoms with Crippen LogP contribution in [0.25, 0.3) is 16.9 Å². The van der Waals surface area contributed by atoms with Gasteiger partial charge in [0.25, 0.3) is 0 Å². The van der Waals surface area contributed by atoms with E-state index in [1.165, 1.54) is 6.92 Å². The Bertz CT molecular complexity index is 1160.